The van der Waals surface area contributed by atoms with Crippen molar-refractivity contribution in [2.24, 2.45) is 52.3 Å². The van der Waals surface area contributed by atoms with Gasteiger partial charge < -0.3 is 15.2 Å². The Labute approximate surface area is 223 Å². The average molecular weight is 507 g/mol. The lowest BCUT2D eigenvalue weighted by Gasteiger charge is -2.50. The number of ketones is 1. The molecule has 1 saturated heterocycles. The van der Waals surface area contributed by atoms with Crippen LogP contribution in [0, 0.1) is 52.3 Å². The number of benzene rings is 1. The van der Waals surface area contributed by atoms with Gasteiger partial charge in [-0.25, -0.2) is 0 Å². The Morgan fingerprint density at radius 3 is 2.59 bits per heavy atom. The van der Waals surface area contributed by atoms with E-state index in [0.717, 1.165) is 24.2 Å². The number of aliphatic hydroxyl groups is 1. The molecular formula is C32H41NO4. The van der Waals surface area contributed by atoms with Crippen LogP contribution < -0.4 is 10.1 Å². The number of rotatable bonds is 1. The molecule has 7 rings (SSSR count). The summed E-state index contributed by atoms with van der Waals surface area (Å²) in [4.78, 5) is 28.0. The fourth-order valence-electron chi connectivity index (χ4n) is 9.92. The number of hydrogen-bond donors (Lipinski definition) is 2. The average Bonchev–Trinajstić information content (AvgIpc) is 3.24. The van der Waals surface area contributed by atoms with Crippen molar-refractivity contribution in [3.05, 3.63) is 54.1 Å². The van der Waals surface area contributed by atoms with Crippen LogP contribution in [0.3, 0.4) is 0 Å². The molecule has 11 atom stereocenters. The fraction of sp³-hybridized carbons (Fsp3) is 0.625. The van der Waals surface area contributed by atoms with E-state index in [-0.39, 0.29) is 54.4 Å². The lowest BCUT2D eigenvalue weighted by Crippen LogP contribution is -2.50. The number of carbonyl (C=O) groups excluding carboxylic acids is 2. The molecule has 2 saturated carbocycles. The molecule has 2 N–H and O–H groups in total. The van der Waals surface area contributed by atoms with Gasteiger partial charge in [-0.1, -0.05) is 57.6 Å². The summed E-state index contributed by atoms with van der Waals surface area (Å²) in [6, 6.07) is 7.76. The Bertz CT molecular complexity index is 1270. The number of amides is 1. The molecule has 1 aromatic rings. The van der Waals surface area contributed by atoms with E-state index in [2.05, 4.69) is 39.1 Å². The second kappa shape index (κ2) is 8.05. The maximum Gasteiger partial charge on any atom is 0.232 e. The Hall–Kier alpha value is -2.40. The molecule has 6 aliphatic rings. The van der Waals surface area contributed by atoms with Gasteiger partial charge in [-0.15, -0.1) is 6.53 Å². The zero-order valence-corrected chi connectivity index (χ0v) is 22.6. The zero-order valence-electron chi connectivity index (χ0n) is 24.6. The summed E-state index contributed by atoms with van der Waals surface area (Å²) in [5.41, 5.74) is -0.490. The van der Waals surface area contributed by atoms with E-state index in [0.29, 0.717) is 11.8 Å². The molecular weight excluding hydrogens is 463 g/mol. The molecule has 1 amide bonds. The van der Waals surface area contributed by atoms with Crippen molar-refractivity contribution in [1.29, 1.82) is 0 Å². The van der Waals surface area contributed by atoms with Gasteiger partial charge in [0.25, 0.3) is 0 Å². The molecule has 0 spiro atoms. The molecule has 4 bridgehead atoms. The minimum absolute atomic E-state index is 0.0110. The van der Waals surface area contributed by atoms with Crippen LogP contribution in [0.4, 0.5) is 0 Å². The van der Waals surface area contributed by atoms with Crippen LogP contribution in [0.2, 0.25) is 0 Å². The van der Waals surface area contributed by atoms with E-state index >= 15 is 0 Å². The Kier molecular flexibility index (Phi) is 4.91. The maximum atomic E-state index is 14.7. The molecule has 198 valence electrons. The lowest BCUT2D eigenvalue weighted by atomic mass is 9.53. The molecule has 3 fully saturated rings. The first-order chi connectivity index (χ1) is 18.2. The minimum atomic E-state index is -1.51. The zero-order chi connectivity index (χ0) is 28.1. The molecule has 5 heteroatoms. The normalized spacial score (nSPS) is 49.1. The number of hydrogen-bond acceptors (Lipinski definition) is 4. The summed E-state index contributed by atoms with van der Waals surface area (Å²) < 4.78 is 23.1. The third-order valence-corrected chi connectivity index (χ3v) is 10.7. The molecule has 0 radical (unpaired) electrons. The Balaban J connectivity index is 1.61. The van der Waals surface area contributed by atoms with Gasteiger partial charge in [0.05, 0.1) is 2.74 Å². The van der Waals surface area contributed by atoms with Crippen molar-refractivity contribution in [3.8, 4) is 5.75 Å². The highest BCUT2D eigenvalue weighted by atomic mass is 16.5. The number of allylic oxidation sites excluding steroid dienone is 3. The number of nitrogens with one attached hydrogen (secondary N) is 1. The van der Waals surface area contributed by atoms with Crippen LogP contribution in [0.1, 0.15) is 62.2 Å². The minimum Gasteiger partial charge on any atom is -0.490 e. The summed E-state index contributed by atoms with van der Waals surface area (Å²) in [6.45, 7) is 10.7. The van der Waals surface area contributed by atoms with E-state index in [1.807, 2.05) is 31.2 Å². The van der Waals surface area contributed by atoms with Gasteiger partial charge in [0, 0.05) is 36.0 Å². The van der Waals surface area contributed by atoms with E-state index in [1.54, 1.807) is 6.08 Å². The van der Waals surface area contributed by atoms with Crippen molar-refractivity contribution < 1.29 is 22.2 Å². The second-order valence-corrected chi connectivity index (χ2v) is 13.6. The van der Waals surface area contributed by atoms with Gasteiger partial charge in [-0.3, -0.25) is 9.59 Å². The van der Waals surface area contributed by atoms with Crippen molar-refractivity contribution in [3.63, 3.8) is 0 Å². The number of ether oxygens (including phenoxy) is 1. The van der Waals surface area contributed by atoms with Crippen LogP contribution in [-0.2, 0) is 16.0 Å². The van der Waals surface area contributed by atoms with E-state index in [4.69, 9.17) is 7.48 Å². The molecule has 37 heavy (non-hydrogen) atoms. The molecule has 0 aromatic heterocycles. The van der Waals surface area contributed by atoms with Crippen molar-refractivity contribution in [2.45, 2.75) is 72.1 Å². The summed E-state index contributed by atoms with van der Waals surface area (Å²) in [7, 11) is 0. The summed E-state index contributed by atoms with van der Waals surface area (Å²) in [6.07, 6.45) is 5.75. The van der Waals surface area contributed by atoms with E-state index in [9.17, 15) is 14.7 Å². The van der Waals surface area contributed by atoms with Crippen molar-refractivity contribution >= 4 is 11.7 Å². The highest BCUT2D eigenvalue weighted by molar-refractivity contribution is 6.05. The van der Waals surface area contributed by atoms with Gasteiger partial charge in [-0.2, -0.15) is 0 Å². The fourth-order valence-corrected chi connectivity index (χ4v) is 9.92. The van der Waals surface area contributed by atoms with Crippen molar-refractivity contribution in [2.75, 3.05) is 0 Å². The predicted molar refractivity (Wildman–Crippen MR) is 142 cm³/mol. The number of carbonyl (C=O) groups is 2. The molecule has 3 aliphatic heterocycles. The van der Waals surface area contributed by atoms with Crippen LogP contribution >= 0.6 is 0 Å². The van der Waals surface area contributed by atoms with Gasteiger partial charge >= 0.3 is 0 Å². The van der Waals surface area contributed by atoms with Crippen LogP contribution in [0.25, 0.3) is 0 Å². The number of Topliss-reactive ketones (excluding diaryl/α,β-unsaturated/α-hetero) is 1. The smallest absolute Gasteiger partial charge is 0.232 e. The van der Waals surface area contributed by atoms with E-state index in [1.165, 1.54) is 5.57 Å². The quantitative estimate of drug-likeness (QED) is 0.316. The van der Waals surface area contributed by atoms with Crippen LogP contribution in [-0.4, -0.2) is 28.6 Å². The van der Waals surface area contributed by atoms with Crippen LogP contribution in [0.15, 0.2) is 48.5 Å². The first-order valence-corrected chi connectivity index (χ1v) is 13.9. The first kappa shape index (κ1) is 22.6. The third kappa shape index (κ3) is 3.52. The summed E-state index contributed by atoms with van der Waals surface area (Å²) in [5.74, 6) is -0.578. The Morgan fingerprint density at radius 2 is 1.89 bits per heavy atom. The topological polar surface area (TPSA) is 75.6 Å². The lowest BCUT2D eigenvalue weighted by molar-refractivity contribution is -0.139. The SMILES string of the molecule is [2H]C([2H])=C[C@]1(C)C=C(C)[C@H]2[C@@H]3C(Oc4ccc(cc4)CC4(O)[13CH2]C(C(=O)N4)C(=O)[C@@H]31)[C@H]1C(C)CC(C)C[C@]12C. The van der Waals surface area contributed by atoms with Gasteiger partial charge in [-0.05, 0) is 60.6 Å². The number of fused-ring (bicyclic) bond motifs is 4. The molecule has 5 unspecified atom stereocenters. The highest BCUT2D eigenvalue weighted by Crippen LogP contribution is 2.68. The largest absolute Gasteiger partial charge is 0.490 e. The van der Waals surface area contributed by atoms with Gasteiger partial charge in [0.1, 0.15) is 29.3 Å². The van der Waals surface area contributed by atoms with Crippen molar-refractivity contribution in [1.82, 2.24) is 5.32 Å². The second-order valence-electron chi connectivity index (χ2n) is 13.6. The maximum absolute atomic E-state index is 14.7. The third-order valence-electron chi connectivity index (χ3n) is 10.7. The van der Waals surface area contributed by atoms with Gasteiger partial charge in [0.15, 0.2) is 0 Å². The molecule has 3 heterocycles. The molecule has 5 nitrogen and oxygen atoms in total. The summed E-state index contributed by atoms with van der Waals surface area (Å²) >= 11 is 0. The first-order valence-electron chi connectivity index (χ1n) is 14.9. The van der Waals surface area contributed by atoms with Gasteiger partial charge in [0.2, 0.25) is 5.91 Å². The summed E-state index contributed by atoms with van der Waals surface area (Å²) in [5, 5.41) is 14.1. The van der Waals surface area contributed by atoms with Crippen LogP contribution in [0.5, 0.6) is 5.75 Å². The predicted octanol–water partition coefficient (Wildman–Crippen LogP) is 5.09. The monoisotopic (exact) mass is 506 g/mol. The molecule has 1 aromatic carbocycles. The van der Waals surface area contributed by atoms with E-state index < -0.39 is 28.9 Å². The molecule has 3 aliphatic carbocycles. The highest BCUT2D eigenvalue weighted by Gasteiger charge is 2.68. The Morgan fingerprint density at radius 1 is 1.16 bits per heavy atom. The standard InChI is InChI=1S/C32H41NO4/c1-7-30(5)14-19(4)24-23-26(30)27(34)22-16-32(36,33-29(22)35)15-20-8-10-21(11-9-20)37-28(23)25-18(3)12-17(2)13-31(24,25)6/h7-11,14,17-18,22-26,28,36H,1,12-13,15-16H2,2-6H3,(H,33,35)/t17?,18?,22?,23-,24-,25+,26+,28?,30+,31-,32?/m0/s1/i1D2,16+1.